The topological polar surface area (TPSA) is 71.0 Å². The molecule has 2 aromatic rings. The lowest BCUT2D eigenvalue weighted by atomic mass is 10.1. The number of carbonyl (C=O) groups excluding carboxylic acids is 2. The summed E-state index contributed by atoms with van der Waals surface area (Å²) in [6, 6.07) is 14.3. The summed E-state index contributed by atoms with van der Waals surface area (Å²) in [5.41, 5.74) is 3.98. The van der Waals surface area contributed by atoms with E-state index in [-0.39, 0.29) is 18.2 Å². The minimum Gasteiger partial charge on any atom is -0.496 e. The van der Waals surface area contributed by atoms with Crippen LogP contribution in [0, 0.1) is 5.92 Å². The van der Waals surface area contributed by atoms with Crippen LogP contribution in [0.5, 0.6) is 5.75 Å². The Bertz CT molecular complexity index is 836. The molecule has 0 unspecified atom stereocenters. The maximum atomic E-state index is 12.3. The van der Waals surface area contributed by atoms with E-state index in [1.165, 1.54) is 6.21 Å². The molecular weight excluding hydrogens is 354 g/mol. The van der Waals surface area contributed by atoms with E-state index in [9.17, 15) is 9.59 Å². The molecule has 2 amide bonds. The van der Waals surface area contributed by atoms with Crippen molar-refractivity contribution in [2.45, 2.75) is 6.42 Å². The van der Waals surface area contributed by atoms with Crippen molar-refractivity contribution in [1.82, 2.24) is 5.43 Å². The number of nitrogens with zero attached hydrogens (tertiary/aromatic N) is 2. The molecule has 1 saturated heterocycles. The van der Waals surface area contributed by atoms with E-state index >= 15 is 0 Å². The molecule has 1 fully saturated rings. The Kier molecular flexibility index (Phi) is 5.53. The molecule has 26 heavy (non-hydrogen) atoms. The molecule has 0 radical (unpaired) electrons. The summed E-state index contributed by atoms with van der Waals surface area (Å²) >= 11 is 5.87. The van der Waals surface area contributed by atoms with Gasteiger partial charge in [-0.2, -0.15) is 5.10 Å². The molecule has 0 spiro atoms. The summed E-state index contributed by atoms with van der Waals surface area (Å²) in [7, 11) is 1.57. The Morgan fingerprint density at radius 1 is 1.27 bits per heavy atom. The number of hydrazone groups is 1. The van der Waals surface area contributed by atoms with Crippen LogP contribution in [0.1, 0.15) is 12.0 Å². The summed E-state index contributed by atoms with van der Waals surface area (Å²) in [5.74, 6) is -0.175. The molecule has 1 atom stereocenters. The van der Waals surface area contributed by atoms with Crippen LogP contribution < -0.4 is 15.1 Å². The van der Waals surface area contributed by atoms with Crippen molar-refractivity contribution in [1.29, 1.82) is 0 Å². The Labute approximate surface area is 156 Å². The molecule has 7 heteroatoms. The predicted octanol–water partition coefficient (Wildman–Crippen LogP) is 2.85. The highest BCUT2D eigenvalue weighted by atomic mass is 35.5. The first-order valence-electron chi connectivity index (χ1n) is 8.10. The highest BCUT2D eigenvalue weighted by molar-refractivity contribution is 6.30. The highest BCUT2D eigenvalue weighted by Gasteiger charge is 2.35. The number of amides is 2. The minimum absolute atomic E-state index is 0.0961. The van der Waals surface area contributed by atoms with Crippen LogP contribution in [-0.4, -0.2) is 31.7 Å². The monoisotopic (exact) mass is 371 g/mol. The standard InChI is InChI=1S/C19H18ClN3O3/c1-26-17-5-3-2-4-13(17)11-21-22-19(25)14-10-18(24)23(12-14)16-8-6-15(20)7-9-16/h2-9,11,14H,10,12H2,1H3,(H,22,25)/b21-11-/t14-/m0/s1. The lowest BCUT2D eigenvalue weighted by Gasteiger charge is -2.16. The zero-order valence-electron chi connectivity index (χ0n) is 14.2. The maximum Gasteiger partial charge on any atom is 0.245 e. The Morgan fingerprint density at radius 2 is 2.00 bits per heavy atom. The first-order valence-corrected chi connectivity index (χ1v) is 8.48. The van der Waals surface area contributed by atoms with Gasteiger partial charge in [-0.1, -0.05) is 23.7 Å². The quantitative estimate of drug-likeness (QED) is 0.649. The van der Waals surface area contributed by atoms with Gasteiger partial charge in [0, 0.05) is 29.2 Å². The maximum absolute atomic E-state index is 12.3. The summed E-state index contributed by atoms with van der Waals surface area (Å²) in [4.78, 5) is 26.1. The van der Waals surface area contributed by atoms with Crippen molar-refractivity contribution in [3.05, 3.63) is 59.1 Å². The van der Waals surface area contributed by atoms with Crippen molar-refractivity contribution in [3.63, 3.8) is 0 Å². The normalized spacial score (nSPS) is 16.9. The Morgan fingerprint density at radius 3 is 2.73 bits per heavy atom. The average molecular weight is 372 g/mol. The number of ether oxygens (including phenoxy) is 1. The van der Waals surface area contributed by atoms with Crippen LogP contribution in [0.3, 0.4) is 0 Å². The van der Waals surface area contributed by atoms with Crippen LogP contribution in [0.25, 0.3) is 0 Å². The number of halogens is 1. The van der Waals surface area contributed by atoms with E-state index < -0.39 is 5.92 Å². The molecule has 6 nitrogen and oxygen atoms in total. The lowest BCUT2D eigenvalue weighted by molar-refractivity contribution is -0.126. The summed E-state index contributed by atoms with van der Waals surface area (Å²) in [6.45, 7) is 0.316. The lowest BCUT2D eigenvalue weighted by Crippen LogP contribution is -2.30. The van der Waals surface area contributed by atoms with Crippen molar-refractivity contribution in [2.24, 2.45) is 11.0 Å². The number of hydrogen-bond acceptors (Lipinski definition) is 4. The van der Waals surface area contributed by atoms with Crippen LogP contribution in [0.15, 0.2) is 53.6 Å². The molecule has 3 rings (SSSR count). The molecule has 134 valence electrons. The second-order valence-corrected chi connectivity index (χ2v) is 6.29. The first-order chi connectivity index (χ1) is 12.6. The van der Waals surface area contributed by atoms with Gasteiger partial charge in [0.1, 0.15) is 5.75 Å². The number of carbonyl (C=O) groups is 2. The molecule has 1 aliphatic rings. The van der Waals surface area contributed by atoms with E-state index in [1.54, 1.807) is 36.3 Å². The molecule has 1 N–H and O–H groups in total. The second-order valence-electron chi connectivity index (χ2n) is 5.86. The van der Waals surface area contributed by atoms with Gasteiger partial charge in [0.15, 0.2) is 0 Å². The van der Waals surface area contributed by atoms with Crippen LogP contribution in [0.4, 0.5) is 5.69 Å². The second kappa shape index (κ2) is 8.01. The third kappa shape index (κ3) is 4.03. The van der Waals surface area contributed by atoms with E-state index in [4.69, 9.17) is 16.3 Å². The summed E-state index contributed by atoms with van der Waals surface area (Å²) in [5, 5.41) is 4.57. The highest BCUT2D eigenvalue weighted by Crippen LogP contribution is 2.26. The van der Waals surface area contributed by atoms with Gasteiger partial charge in [-0.15, -0.1) is 0 Å². The fourth-order valence-electron chi connectivity index (χ4n) is 2.78. The van der Waals surface area contributed by atoms with E-state index in [0.717, 1.165) is 11.3 Å². The Hall–Kier alpha value is -2.86. The SMILES string of the molecule is COc1ccccc1/C=N\NC(=O)[C@H]1CC(=O)N(c2ccc(Cl)cc2)C1. The van der Waals surface area contributed by atoms with Gasteiger partial charge in [0.25, 0.3) is 0 Å². The van der Waals surface area contributed by atoms with Gasteiger partial charge < -0.3 is 9.64 Å². The van der Waals surface area contributed by atoms with Crippen LogP contribution in [-0.2, 0) is 9.59 Å². The van der Waals surface area contributed by atoms with Crippen LogP contribution >= 0.6 is 11.6 Å². The third-order valence-electron chi connectivity index (χ3n) is 4.15. The molecule has 1 aliphatic heterocycles. The van der Waals surface area contributed by atoms with Gasteiger partial charge in [0.05, 0.1) is 19.2 Å². The van der Waals surface area contributed by atoms with Crippen molar-refractivity contribution >= 4 is 35.3 Å². The number of methoxy groups -OCH3 is 1. The fraction of sp³-hybridized carbons (Fsp3) is 0.211. The van der Waals surface area contributed by atoms with Gasteiger partial charge in [-0.3, -0.25) is 9.59 Å². The van der Waals surface area contributed by atoms with E-state index in [0.29, 0.717) is 17.3 Å². The van der Waals surface area contributed by atoms with E-state index in [2.05, 4.69) is 10.5 Å². The number of hydrogen-bond donors (Lipinski definition) is 1. The zero-order valence-corrected chi connectivity index (χ0v) is 14.9. The molecule has 1 heterocycles. The summed E-state index contributed by atoms with van der Waals surface area (Å²) in [6.07, 6.45) is 1.67. The third-order valence-corrected chi connectivity index (χ3v) is 4.40. The number of anilines is 1. The number of benzene rings is 2. The molecule has 0 aromatic heterocycles. The first kappa shape index (κ1) is 17.9. The van der Waals surface area contributed by atoms with E-state index in [1.807, 2.05) is 24.3 Å². The smallest absolute Gasteiger partial charge is 0.245 e. The van der Waals surface area contributed by atoms with Gasteiger partial charge in [-0.25, -0.2) is 5.43 Å². The van der Waals surface area contributed by atoms with Gasteiger partial charge >= 0.3 is 0 Å². The molecule has 0 saturated carbocycles. The van der Waals surface area contributed by atoms with Gasteiger partial charge in [0.2, 0.25) is 11.8 Å². The fourth-order valence-corrected chi connectivity index (χ4v) is 2.91. The average Bonchev–Trinajstić information content (AvgIpc) is 3.04. The van der Waals surface area contributed by atoms with Gasteiger partial charge in [-0.05, 0) is 36.4 Å². The number of rotatable bonds is 5. The Balaban J connectivity index is 1.61. The minimum atomic E-state index is -0.451. The summed E-state index contributed by atoms with van der Waals surface area (Å²) < 4.78 is 5.22. The predicted molar refractivity (Wildman–Crippen MR) is 101 cm³/mol. The van der Waals surface area contributed by atoms with Crippen LogP contribution in [0.2, 0.25) is 5.02 Å². The van der Waals surface area contributed by atoms with Crippen molar-refractivity contribution in [3.8, 4) is 5.75 Å². The molecular formula is C19H18ClN3O3. The molecule has 0 aliphatic carbocycles. The molecule has 2 aromatic carbocycles. The largest absolute Gasteiger partial charge is 0.496 e. The number of nitrogens with one attached hydrogen (secondary N) is 1. The number of para-hydroxylation sites is 1. The van der Waals surface area contributed by atoms with Crippen molar-refractivity contribution < 1.29 is 14.3 Å². The molecule has 0 bridgehead atoms. The zero-order chi connectivity index (χ0) is 18.5. The van der Waals surface area contributed by atoms with Crippen molar-refractivity contribution in [2.75, 3.05) is 18.6 Å².